The largest absolute Gasteiger partial charge is 0.422 e. The molecule has 0 aliphatic carbocycles. The van der Waals surface area contributed by atoms with E-state index in [0.717, 1.165) is 21.7 Å². The van der Waals surface area contributed by atoms with Crippen LogP contribution in [0.5, 0.6) is 0 Å². The van der Waals surface area contributed by atoms with Crippen molar-refractivity contribution in [2.45, 2.75) is 13.0 Å². The van der Waals surface area contributed by atoms with E-state index in [4.69, 9.17) is 4.42 Å². The van der Waals surface area contributed by atoms with E-state index in [1.807, 2.05) is 67.6 Å². The van der Waals surface area contributed by atoms with E-state index in [0.29, 0.717) is 5.58 Å². The molecule has 4 rings (SSSR count). The van der Waals surface area contributed by atoms with Crippen molar-refractivity contribution in [3.05, 3.63) is 94.3 Å². The molecule has 4 nitrogen and oxygen atoms in total. The first kappa shape index (κ1) is 16.1. The Morgan fingerprint density at radius 1 is 0.923 bits per heavy atom. The summed E-state index contributed by atoms with van der Waals surface area (Å²) in [7, 11) is 0. The number of hydrogen-bond donors (Lipinski definition) is 1. The molecule has 1 amide bonds. The van der Waals surface area contributed by atoms with Crippen molar-refractivity contribution in [2.24, 2.45) is 0 Å². The van der Waals surface area contributed by atoms with Gasteiger partial charge in [0, 0.05) is 5.39 Å². The minimum atomic E-state index is -0.634. The number of hydrogen-bond acceptors (Lipinski definition) is 3. The van der Waals surface area contributed by atoms with Gasteiger partial charge in [0.1, 0.15) is 11.1 Å². The highest BCUT2D eigenvalue weighted by molar-refractivity contribution is 6.07. The first-order valence-corrected chi connectivity index (χ1v) is 8.45. The quantitative estimate of drug-likeness (QED) is 0.442. The number of rotatable bonds is 3. The van der Waals surface area contributed by atoms with Crippen molar-refractivity contribution in [1.82, 2.24) is 5.32 Å². The molecule has 0 aliphatic heterocycles. The first-order valence-electron chi connectivity index (χ1n) is 8.45. The zero-order valence-electron chi connectivity index (χ0n) is 14.2. The van der Waals surface area contributed by atoms with Crippen molar-refractivity contribution >= 4 is 27.6 Å². The Balaban J connectivity index is 1.76. The van der Waals surface area contributed by atoms with Crippen LogP contribution in [-0.4, -0.2) is 5.91 Å². The molecule has 0 saturated heterocycles. The van der Waals surface area contributed by atoms with Gasteiger partial charge >= 0.3 is 5.63 Å². The van der Waals surface area contributed by atoms with E-state index in [9.17, 15) is 9.59 Å². The lowest BCUT2D eigenvalue weighted by Gasteiger charge is -2.14. The van der Waals surface area contributed by atoms with E-state index in [1.54, 1.807) is 12.1 Å². The van der Waals surface area contributed by atoms with Crippen molar-refractivity contribution in [3.63, 3.8) is 0 Å². The Morgan fingerprint density at radius 3 is 2.46 bits per heavy atom. The van der Waals surface area contributed by atoms with E-state index in [-0.39, 0.29) is 11.6 Å². The maximum atomic E-state index is 12.7. The number of carbonyl (C=O) groups excluding carboxylic acids is 1. The normalized spacial score (nSPS) is 12.2. The molecule has 4 aromatic rings. The average Bonchev–Trinajstić information content (AvgIpc) is 2.67. The Hall–Kier alpha value is -3.40. The lowest BCUT2D eigenvalue weighted by Crippen LogP contribution is -2.30. The van der Waals surface area contributed by atoms with Gasteiger partial charge in [-0.05, 0) is 35.4 Å². The molecule has 1 atom stereocenters. The highest BCUT2D eigenvalue weighted by atomic mass is 16.4. The fraction of sp³-hybridized carbons (Fsp3) is 0.0909. The molecule has 0 aliphatic rings. The predicted octanol–water partition coefficient (Wildman–Crippen LogP) is 4.44. The summed E-state index contributed by atoms with van der Waals surface area (Å²) >= 11 is 0. The highest BCUT2D eigenvalue weighted by Gasteiger charge is 2.17. The van der Waals surface area contributed by atoms with E-state index in [2.05, 4.69) is 5.32 Å². The summed E-state index contributed by atoms with van der Waals surface area (Å²) in [5.41, 5.74) is 0.819. The second-order valence-electron chi connectivity index (χ2n) is 6.25. The van der Waals surface area contributed by atoms with E-state index >= 15 is 0 Å². The van der Waals surface area contributed by atoms with Crippen LogP contribution in [0.4, 0.5) is 0 Å². The zero-order chi connectivity index (χ0) is 18.1. The van der Waals surface area contributed by atoms with Gasteiger partial charge < -0.3 is 9.73 Å². The summed E-state index contributed by atoms with van der Waals surface area (Å²) in [6, 6.07) is 22.5. The molecule has 0 bridgehead atoms. The van der Waals surface area contributed by atoms with Crippen LogP contribution in [0.25, 0.3) is 21.7 Å². The second-order valence-corrected chi connectivity index (χ2v) is 6.25. The van der Waals surface area contributed by atoms with Crippen molar-refractivity contribution in [3.8, 4) is 0 Å². The van der Waals surface area contributed by atoms with Gasteiger partial charge in [0.05, 0.1) is 6.04 Å². The fourth-order valence-corrected chi connectivity index (χ4v) is 3.13. The summed E-state index contributed by atoms with van der Waals surface area (Å²) in [4.78, 5) is 25.0. The number of carbonyl (C=O) groups is 1. The van der Waals surface area contributed by atoms with Crippen LogP contribution in [0.1, 0.15) is 28.9 Å². The Kier molecular flexibility index (Phi) is 4.01. The van der Waals surface area contributed by atoms with Gasteiger partial charge in [-0.1, -0.05) is 60.7 Å². The number of fused-ring (bicyclic) bond motifs is 3. The van der Waals surface area contributed by atoms with Gasteiger partial charge in [-0.2, -0.15) is 0 Å². The summed E-state index contributed by atoms with van der Waals surface area (Å²) in [6.07, 6.45) is 0. The first-order chi connectivity index (χ1) is 12.6. The molecule has 0 fully saturated rings. The zero-order valence-corrected chi connectivity index (χ0v) is 14.2. The second kappa shape index (κ2) is 6.48. The van der Waals surface area contributed by atoms with Crippen LogP contribution < -0.4 is 10.9 Å². The molecule has 1 heterocycles. The third-order valence-corrected chi connectivity index (χ3v) is 4.53. The molecule has 26 heavy (non-hydrogen) atoms. The number of nitrogens with one attached hydrogen (secondary N) is 1. The number of amides is 1. The Bertz CT molecular complexity index is 1160. The average molecular weight is 343 g/mol. The fourth-order valence-electron chi connectivity index (χ4n) is 3.13. The molecule has 0 saturated carbocycles. The van der Waals surface area contributed by atoms with Crippen LogP contribution in [0.2, 0.25) is 0 Å². The molecule has 0 spiro atoms. The SMILES string of the molecule is C[C@H](NC(=O)c1cc2c(ccc3ccccc32)oc1=O)c1ccccc1. The van der Waals surface area contributed by atoms with Gasteiger partial charge in [-0.25, -0.2) is 4.79 Å². The van der Waals surface area contributed by atoms with Gasteiger partial charge in [-0.3, -0.25) is 4.79 Å². The minimum Gasteiger partial charge on any atom is -0.422 e. The minimum absolute atomic E-state index is 0.0108. The van der Waals surface area contributed by atoms with E-state index < -0.39 is 11.5 Å². The van der Waals surface area contributed by atoms with Gasteiger partial charge in [0.2, 0.25) is 0 Å². The monoisotopic (exact) mass is 343 g/mol. The molecule has 1 N–H and O–H groups in total. The smallest absolute Gasteiger partial charge is 0.349 e. The predicted molar refractivity (Wildman–Crippen MR) is 102 cm³/mol. The Morgan fingerprint density at radius 2 is 1.65 bits per heavy atom. The maximum absolute atomic E-state index is 12.7. The molecule has 3 aromatic carbocycles. The summed E-state index contributed by atoms with van der Waals surface area (Å²) in [5.74, 6) is -0.440. The Labute approximate surface area is 150 Å². The lowest BCUT2D eigenvalue weighted by atomic mass is 10.0. The molecule has 4 heteroatoms. The highest BCUT2D eigenvalue weighted by Crippen LogP contribution is 2.25. The van der Waals surface area contributed by atoms with Crippen molar-refractivity contribution in [1.29, 1.82) is 0 Å². The number of benzene rings is 3. The molecule has 0 unspecified atom stereocenters. The molecular formula is C22H17NO3. The molecule has 0 radical (unpaired) electrons. The summed E-state index contributed by atoms with van der Waals surface area (Å²) < 4.78 is 5.39. The molecule has 1 aromatic heterocycles. The van der Waals surface area contributed by atoms with Crippen LogP contribution in [-0.2, 0) is 0 Å². The molecular weight excluding hydrogens is 326 g/mol. The van der Waals surface area contributed by atoms with Crippen LogP contribution in [0.3, 0.4) is 0 Å². The third kappa shape index (κ3) is 2.86. The lowest BCUT2D eigenvalue weighted by molar-refractivity contribution is 0.0936. The summed E-state index contributed by atoms with van der Waals surface area (Å²) in [5, 5.41) is 5.59. The molecule has 128 valence electrons. The third-order valence-electron chi connectivity index (χ3n) is 4.53. The van der Waals surface area contributed by atoms with Crippen molar-refractivity contribution in [2.75, 3.05) is 0 Å². The van der Waals surface area contributed by atoms with Crippen LogP contribution >= 0.6 is 0 Å². The topological polar surface area (TPSA) is 59.3 Å². The van der Waals surface area contributed by atoms with Gasteiger partial charge in [0.25, 0.3) is 5.91 Å². The van der Waals surface area contributed by atoms with Crippen LogP contribution in [0.15, 0.2) is 82.0 Å². The van der Waals surface area contributed by atoms with Crippen LogP contribution in [0, 0.1) is 0 Å². The standard InChI is InChI=1S/C22H17NO3/c1-14(15-7-3-2-4-8-15)23-21(24)19-13-18-17-10-6-5-9-16(17)11-12-20(18)26-22(19)25/h2-14H,1H3,(H,23,24)/t14-/m0/s1. The maximum Gasteiger partial charge on any atom is 0.349 e. The summed E-state index contributed by atoms with van der Waals surface area (Å²) in [6.45, 7) is 1.88. The van der Waals surface area contributed by atoms with Gasteiger partial charge in [-0.15, -0.1) is 0 Å². The van der Waals surface area contributed by atoms with Gasteiger partial charge in [0.15, 0.2) is 0 Å². The van der Waals surface area contributed by atoms with Crippen molar-refractivity contribution < 1.29 is 9.21 Å². The van der Waals surface area contributed by atoms with E-state index in [1.165, 1.54) is 0 Å².